The van der Waals surface area contributed by atoms with Crippen molar-refractivity contribution in [2.24, 2.45) is 5.10 Å². The number of rotatable bonds is 5. The minimum absolute atomic E-state index is 0.135. The van der Waals surface area contributed by atoms with Crippen molar-refractivity contribution in [3.05, 3.63) is 30.3 Å². The van der Waals surface area contributed by atoms with Crippen LogP contribution >= 0.6 is 0 Å². The van der Waals surface area contributed by atoms with E-state index in [2.05, 4.69) is 5.10 Å². The lowest BCUT2D eigenvalue weighted by Crippen LogP contribution is -2.50. The van der Waals surface area contributed by atoms with Crippen molar-refractivity contribution in [1.82, 2.24) is 4.90 Å². The van der Waals surface area contributed by atoms with Crippen LogP contribution in [0.4, 0.5) is 5.69 Å². The predicted octanol–water partition coefficient (Wildman–Crippen LogP) is 1.74. The van der Waals surface area contributed by atoms with Crippen LogP contribution in [0.3, 0.4) is 0 Å². The first-order valence-corrected chi connectivity index (χ1v) is 9.54. The van der Waals surface area contributed by atoms with Crippen LogP contribution in [0.25, 0.3) is 0 Å². The maximum absolute atomic E-state index is 13.3. The molecule has 0 aliphatic carbocycles. The molecule has 2 heterocycles. The molecule has 2 aliphatic heterocycles. The number of para-hydroxylation sites is 1. The molecule has 3 rings (SSSR count). The topological polar surface area (TPSA) is 88.5 Å². The third kappa shape index (κ3) is 4.49. The number of piperidine rings is 1. The number of hydrazone groups is 1. The van der Waals surface area contributed by atoms with Gasteiger partial charge in [-0.1, -0.05) is 18.2 Å². The Kier molecular flexibility index (Phi) is 6.28. The molecule has 28 heavy (non-hydrogen) atoms. The van der Waals surface area contributed by atoms with Crippen LogP contribution in [0, 0.1) is 0 Å². The lowest BCUT2D eigenvalue weighted by Gasteiger charge is -2.35. The highest BCUT2D eigenvalue weighted by Crippen LogP contribution is 2.27. The van der Waals surface area contributed by atoms with Gasteiger partial charge in [0.15, 0.2) is 0 Å². The molecular formula is C20H25N3O5. The highest BCUT2D eigenvalue weighted by Gasteiger charge is 2.40. The minimum Gasteiger partial charge on any atom is -0.461 e. The Balaban J connectivity index is 1.79. The predicted molar refractivity (Wildman–Crippen MR) is 103 cm³/mol. The molecule has 0 unspecified atom stereocenters. The first-order chi connectivity index (χ1) is 13.5. The van der Waals surface area contributed by atoms with Gasteiger partial charge in [-0.25, -0.2) is 4.79 Å². The summed E-state index contributed by atoms with van der Waals surface area (Å²) in [6, 6.07) is 8.64. The maximum Gasteiger partial charge on any atom is 0.354 e. The molecule has 0 bridgehead atoms. The summed E-state index contributed by atoms with van der Waals surface area (Å²) in [5.74, 6) is -0.988. The lowest BCUT2D eigenvalue weighted by molar-refractivity contribution is -0.152. The molecule has 1 amide bonds. The molecule has 0 spiro atoms. The molecule has 1 fully saturated rings. The van der Waals surface area contributed by atoms with E-state index in [1.54, 1.807) is 16.8 Å². The Labute approximate surface area is 164 Å². The van der Waals surface area contributed by atoms with Crippen LogP contribution in [-0.2, 0) is 23.9 Å². The molecule has 0 saturated carbocycles. The van der Waals surface area contributed by atoms with Gasteiger partial charge >= 0.3 is 11.9 Å². The molecule has 1 aromatic rings. The Bertz CT molecular complexity index is 764. The molecule has 1 aromatic carbocycles. The minimum atomic E-state index is -0.627. The fourth-order valence-electron chi connectivity index (χ4n) is 3.54. The van der Waals surface area contributed by atoms with Gasteiger partial charge in [-0.15, -0.1) is 0 Å². The third-order valence-electron chi connectivity index (χ3n) is 4.75. The fraction of sp³-hybridized carbons (Fsp3) is 0.500. The van der Waals surface area contributed by atoms with E-state index in [0.717, 1.165) is 18.5 Å². The Hall–Kier alpha value is -2.90. The molecule has 2 aliphatic rings. The normalized spacial score (nSPS) is 21.9. The second-order valence-electron chi connectivity index (χ2n) is 6.83. The largest absolute Gasteiger partial charge is 0.461 e. The van der Waals surface area contributed by atoms with Crippen LogP contribution in [-0.4, -0.2) is 60.3 Å². The van der Waals surface area contributed by atoms with Crippen molar-refractivity contribution in [1.29, 1.82) is 0 Å². The average molecular weight is 387 g/mol. The van der Waals surface area contributed by atoms with E-state index >= 15 is 0 Å². The summed E-state index contributed by atoms with van der Waals surface area (Å²) >= 11 is 0. The number of esters is 2. The quantitative estimate of drug-likeness (QED) is 0.715. The van der Waals surface area contributed by atoms with Gasteiger partial charge in [-0.3, -0.25) is 14.6 Å². The van der Waals surface area contributed by atoms with E-state index in [9.17, 15) is 14.4 Å². The SMILES string of the molecule is CCOC(=O)C1=NN(c2ccccc2)[C@@H](C(=O)N2CCC[C@@H](OC(C)=O)C2)C1. The molecule has 0 N–H and O–H groups in total. The summed E-state index contributed by atoms with van der Waals surface area (Å²) in [4.78, 5) is 38.4. The number of hydrogen-bond acceptors (Lipinski definition) is 7. The molecule has 0 radical (unpaired) electrons. The number of hydrogen-bond donors (Lipinski definition) is 0. The number of carbonyl (C=O) groups excluding carboxylic acids is 3. The van der Waals surface area contributed by atoms with Gasteiger partial charge in [0.2, 0.25) is 5.91 Å². The van der Waals surface area contributed by atoms with Crippen LogP contribution in [0.5, 0.6) is 0 Å². The Morgan fingerprint density at radius 3 is 2.64 bits per heavy atom. The molecule has 8 heteroatoms. The van der Waals surface area contributed by atoms with Crippen molar-refractivity contribution < 1.29 is 23.9 Å². The van der Waals surface area contributed by atoms with Crippen molar-refractivity contribution in [3.8, 4) is 0 Å². The van der Waals surface area contributed by atoms with E-state index < -0.39 is 12.0 Å². The Morgan fingerprint density at radius 2 is 1.96 bits per heavy atom. The van der Waals surface area contributed by atoms with Gasteiger partial charge in [-0.05, 0) is 31.9 Å². The van der Waals surface area contributed by atoms with Crippen molar-refractivity contribution >= 4 is 29.2 Å². The number of ether oxygens (including phenoxy) is 2. The summed E-state index contributed by atoms with van der Waals surface area (Å²) in [7, 11) is 0. The van der Waals surface area contributed by atoms with Crippen LogP contribution < -0.4 is 5.01 Å². The summed E-state index contributed by atoms with van der Waals surface area (Å²) < 4.78 is 10.4. The Morgan fingerprint density at radius 1 is 1.21 bits per heavy atom. The zero-order valence-electron chi connectivity index (χ0n) is 16.2. The molecule has 150 valence electrons. The number of nitrogens with zero attached hydrogens (tertiary/aromatic N) is 3. The summed E-state index contributed by atoms with van der Waals surface area (Å²) in [5.41, 5.74) is 0.964. The summed E-state index contributed by atoms with van der Waals surface area (Å²) in [6.07, 6.45) is 1.38. The van der Waals surface area contributed by atoms with Gasteiger partial charge in [-0.2, -0.15) is 5.10 Å². The third-order valence-corrected chi connectivity index (χ3v) is 4.75. The average Bonchev–Trinajstić information content (AvgIpc) is 3.13. The van der Waals surface area contributed by atoms with Crippen LogP contribution in [0.1, 0.15) is 33.1 Å². The summed E-state index contributed by atoms with van der Waals surface area (Å²) in [6.45, 7) is 4.29. The first-order valence-electron chi connectivity index (χ1n) is 9.54. The highest BCUT2D eigenvalue weighted by molar-refractivity contribution is 6.38. The van der Waals surface area contributed by atoms with Gasteiger partial charge in [0.05, 0.1) is 18.8 Å². The summed E-state index contributed by atoms with van der Waals surface area (Å²) in [5, 5.41) is 5.97. The van der Waals surface area contributed by atoms with E-state index in [0.29, 0.717) is 13.1 Å². The van der Waals surface area contributed by atoms with E-state index in [1.807, 2.05) is 30.3 Å². The molecule has 8 nitrogen and oxygen atoms in total. The number of benzene rings is 1. The van der Waals surface area contributed by atoms with Gasteiger partial charge in [0, 0.05) is 19.9 Å². The van der Waals surface area contributed by atoms with Crippen LogP contribution in [0.2, 0.25) is 0 Å². The zero-order chi connectivity index (χ0) is 20.1. The second kappa shape index (κ2) is 8.86. The first kappa shape index (κ1) is 19.9. The fourth-order valence-corrected chi connectivity index (χ4v) is 3.54. The number of likely N-dealkylation sites (tertiary alicyclic amines) is 1. The number of anilines is 1. The smallest absolute Gasteiger partial charge is 0.354 e. The van der Waals surface area contributed by atoms with Gasteiger partial charge < -0.3 is 14.4 Å². The highest BCUT2D eigenvalue weighted by atomic mass is 16.5. The monoisotopic (exact) mass is 387 g/mol. The van der Waals surface area contributed by atoms with E-state index in [1.165, 1.54) is 6.92 Å². The number of amides is 1. The van der Waals surface area contributed by atoms with E-state index in [-0.39, 0.29) is 36.7 Å². The van der Waals surface area contributed by atoms with Gasteiger partial charge in [0.1, 0.15) is 17.9 Å². The molecule has 2 atom stereocenters. The standard InChI is InChI=1S/C20H25N3O5/c1-3-27-20(26)17-12-18(23(21-17)15-8-5-4-6-9-15)19(25)22-11-7-10-16(13-22)28-14(2)24/h4-6,8-9,16,18H,3,7,10-13H2,1-2H3/t16-,18-/m1/s1. The van der Waals surface area contributed by atoms with Crippen molar-refractivity contribution in [3.63, 3.8) is 0 Å². The van der Waals surface area contributed by atoms with Crippen LogP contribution in [0.15, 0.2) is 35.4 Å². The molecule has 0 aromatic heterocycles. The molecular weight excluding hydrogens is 362 g/mol. The lowest BCUT2D eigenvalue weighted by atomic mass is 10.0. The zero-order valence-corrected chi connectivity index (χ0v) is 16.2. The van der Waals surface area contributed by atoms with Gasteiger partial charge in [0.25, 0.3) is 0 Å². The van der Waals surface area contributed by atoms with Crippen molar-refractivity contribution in [2.75, 3.05) is 24.7 Å². The maximum atomic E-state index is 13.3. The van der Waals surface area contributed by atoms with Crippen molar-refractivity contribution in [2.45, 2.75) is 45.3 Å². The van der Waals surface area contributed by atoms with E-state index in [4.69, 9.17) is 9.47 Å². The second-order valence-corrected chi connectivity index (χ2v) is 6.83. The molecule has 1 saturated heterocycles. The number of carbonyl (C=O) groups is 3.